The molecule has 0 atom stereocenters. The van der Waals surface area contributed by atoms with Crippen LogP contribution in [0.1, 0.15) is 39.2 Å². The van der Waals surface area contributed by atoms with E-state index in [1.807, 2.05) is 62.7 Å². The molecule has 8 heteroatoms. The second-order valence-electron chi connectivity index (χ2n) is 9.82. The number of halogens is 1. The average molecular weight is 476 g/mol. The Labute approximate surface area is 205 Å². The molecule has 182 valence electrons. The lowest BCUT2D eigenvalue weighted by atomic mass is 10.1. The van der Waals surface area contributed by atoms with E-state index in [-0.39, 0.29) is 11.7 Å². The molecule has 4 rings (SSSR count). The monoisotopic (exact) mass is 475 g/mol. The highest BCUT2D eigenvalue weighted by atomic mass is 19.1. The number of aromatic nitrogens is 2. The highest BCUT2D eigenvalue weighted by Gasteiger charge is 2.26. The first-order chi connectivity index (χ1) is 16.6. The summed E-state index contributed by atoms with van der Waals surface area (Å²) in [5.74, 6) is 0.232. The number of aryl methyl sites for hydroxylation is 1. The van der Waals surface area contributed by atoms with Crippen LogP contribution in [0.25, 0.3) is 21.8 Å². The molecule has 3 aromatic rings. The van der Waals surface area contributed by atoms with E-state index in [2.05, 4.69) is 15.1 Å². The van der Waals surface area contributed by atoms with Crippen molar-refractivity contribution in [2.24, 2.45) is 0 Å². The van der Waals surface area contributed by atoms with Gasteiger partial charge >= 0.3 is 6.09 Å². The summed E-state index contributed by atoms with van der Waals surface area (Å²) in [6.07, 6.45) is 1.13. The third-order valence-electron chi connectivity index (χ3n) is 5.88. The summed E-state index contributed by atoms with van der Waals surface area (Å²) in [4.78, 5) is 17.5. The molecular formula is C27H30FN5O2. The first-order valence-electron chi connectivity index (χ1n) is 11.7. The number of carbonyl (C=O) groups is 1. The smallest absolute Gasteiger partial charge is 0.407 e. The topological polar surface area (TPSA) is 63.8 Å². The van der Waals surface area contributed by atoms with Gasteiger partial charge in [-0.25, -0.2) is 18.7 Å². The number of anilines is 1. The van der Waals surface area contributed by atoms with E-state index < -0.39 is 17.5 Å². The minimum Gasteiger partial charge on any atom is -0.444 e. The van der Waals surface area contributed by atoms with E-state index >= 15 is 0 Å². The van der Waals surface area contributed by atoms with Crippen LogP contribution in [0.15, 0.2) is 48.5 Å². The fourth-order valence-electron chi connectivity index (χ4n) is 4.10. The van der Waals surface area contributed by atoms with Gasteiger partial charge in [-0.3, -0.25) is 0 Å². The number of amides is 1. The number of nitrogens with zero attached hydrogens (tertiary/aromatic N) is 4. The van der Waals surface area contributed by atoms with E-state index in [0.717, 1.165) is 48.7 Å². The van der Waals surface area contributed by atoms with E-state index in [1.54, 1.807) is 6.07 Å². The zero-order valence-corrected chi connectivity index (χ0v) is 20.5. The molecule has 35 heavy (non-hydrogen) atoms. The van der Waals surface area contributed by atoms with Gasteiger partial charge in [0.25, 0.3) is 0 Å². The van der Waals surface area contributed by atoms with E-state index in [0.29, 0.717) is 5.56 Å². The Kier molecular flexibility index (Phi) is 6.79. The molecule has 1 N–H and O–H groups in total. The Morgan fingerprint density at radius 1 is 1.14 bits per heavy atom. The van der Waals surface area contributed by atoms with Crippen LogP contribution < -0.4 is 10.2 Å². The molecule has 1 aliphatic rings. The van der Waals surface area contributed by atoms with Crippen molar-refractivity contribution in [3.8, 4) is 16.9 Å². The zero-order chi connectivity index (χ0) is 25.2. The molecule has 0 bridgehead atoms. The number of piperidine rings is 1. The maximum Gasteiger partial charge on any atom is 0.407 e. The number of carbonyl (C=O) groups excluding carboxylic acids is 1. The first-order valence-corrected chi connectivity index (χ1v) is 11.7. The molecule has 0 saturated carbocycles. The highest BCUT2D eigenvalue weighted by molar-refractivity contribution is 5.70. The number of hydrogen-bond donors (Lipinski definition) is 1. The maximum absolute atomic E-state index is 14.4. The fourth-order valence-corrected chi connectivity index (χ4v) is 4.10. The average Bonchev–Trinajstić information content (AvgIpc) is 3.24. The predicted molar refractivity (Wildman–Crippen MR) is 135 cm³/mol. The second-order valence-corrected chi connectivity index (χ2v) is 9.82. The van der Waals surface area contributed by atoms with E-state index in [9.17, 15) is 9.18 Å². The molecule has 0 unspecified atom stereocenters. The third kappa shape index (κ3) is 5.80. The van der Waals surface area contributed by atoms with Gasteiger partial charge in [0, 0.05) is 30.8 Å². The summed E-state index contributed by atoms with van der Waals surface area (Å²) >= 11 is 0. The van der Waals surface area contributed by atoms with Gasteiger partial charge in [-0.2, -0.15) is 0 Å². The largest absolute Gasteiger partial charge is 0.444 e. The quantitative estimate of drug-likeness (QED) is 0.468. The van der Waals surface area contributed by atoms with Crippen LogP contribution in [-0.2, 0) is 4.74 Å². The molecule has 1 fully saturated rings. The normalized spacial score (nSPS) is 14.5. The van der Waals surface area contributed by atoms with Crippen molar-refractivity contribution in [2.45, 2.75) is 52.2 Å². The van der Waals surface area contributed by atoms with Crippen LogP contribution >= 0.6 is 0 Å². The number of ether oxygens (including phenoxy) is 1. The third-order valence-corrected chi connectivity index (χ3v) is 5.88. The van der Waals surface area contributed by atoms with Crippen molar-refractivity contribution >= 4 is 17.6 Å². The van der Waals surface area contributed by atoms with Crippen molar-refractivity contribution in [2.75, 3.05) is 18.0 Å². The van der Waals surface area contributed by atoms with Gasteiger partial charge in [-0.15, -0.1) is 5.10 Å². The lowest BCUT2D eigenvalue weighted by Crippen LogP contribution is -2.46. The molecule has 0 radical (unpaired) electrons. The fraction of sp³-hybridized carbons (Fsp3) is 0.370. The Hall–Kier alpha value is -3.86. The molecule has 1 aromatic heterocycles. The summed E-state index contributed by atoms with van der Waals surface area (Å²) in [6.45, 7) is 16.1. The molecule has 1 saturated heterocycles. The summed E-state index contributed by atoms with van der Waals surface area (Å²) in [7, 11) is 0. The molecule has 1 amide bonds. The number of alkyl carbamates (subject to hydrolysis) is 1. The zero-order valence-electron chi connectivity index (χ0n) is 20.5. The lowest BCUT2D eigenvalue weighted by molar-refractivity contribution is 0.0497. The van der Waals surface area contributed by atoms with Crippen LogP contribution in [0.2, 0.25) is 0 Å². The first kappa shape index (κ1) is 24.3. The number of hydrogen-bond acceptors (Lipinski definition) is 4. The van der Waals surface area contributed by atoms with Crippen LogP contribution in [0.5, 0.6) is 0 Å². The van der Waals surface area contributed by atoms with Crippen LogP contribution in [-0.4, -0.2) is 40.6 Å². The van der Waals surface area contributed by atoms with Gasteiger partial charge in [0.15, 0.2) is 5.82 Å². The van der Waals surface area contributed by atoms with Crippen LogP contribution in [0, 0.1) is 19.3 Å². The Bertz CT molecular complexity index is 1250. The summed E-state index contributed by atoms with van der Waals surface area (Å²) in [5.41, 5.74) is 2.86. The molecule has 2 heterocycles. The van der Waals surface area contributed by atoms with E-state index in [4.69, 9.17) is 16.4 Å². The van der Waals surface area contributed by atoms with Gasteiger partial charge in [-0.1, -0.05) is 29.8 Å². The molecule has 0 aliphatic carbocycles. The van der Waals surface area contributed by atoms with E-state index in [1.165, 1.54) is 12.1 Å². The molecular weight excluding hydrogens is 445 g/mol. The highest BCUT2D eigenvalue weighted by Crippen LogP contribution is 2.31. The maximum atomic E-state index is 14.4. The molecule has 1 aliphatic heterocycles. The summed E-state index contributed by atoms with van der Waals surface area (Å²) in [6, 6.07) is 14.6. The summed E-state index contributed by atoms with van der Waals surface area (Å²) < 4.78 is 21.6. The second kappa shape index (κ2) is 9.79. The molecule has 0 spiro atoms. The standard InChI is InChI=1S/C27H30FN5O2/c1-18-6-9-21(10-7-18)33-24(19-8-11-23(29-5)22(28)16-19)17-25(31-33)32-14-12-20(13-15-32)30-26(34)35-27(2,3)4/h6-11,16-17,20H,12-15H2,1-4H3,(H,30,34). The summed E-state index contributed by atoms with van der Waals surface area (Å²) in [5, 5.41) is 7.82. The van der Waals surface area contributed by atoms with Gasteiger partial charge in [0.1, 0.15) is 11.4 Å². The Morgan fingerprint density at radius 3 is 2.43 bits per heavy atom. The minimum absolute atomic E-state index is 0.00469. The van der Waals surface area contributed by atoms with Crippen LogP contribution in [0.3, 0.4) is 0 Å². The SMILES string of the molecule is [C-]#[N+]c1ccc(-c2cc(N3CCC(NC(=O)OC(C)(C)C)CC3)nn2-c2ccc(C)cc2)cc1F. The lowest BCUT2D eigenvalue weighted by Gasteiger charge is -2.32. The van der Waals surface area contributed by atoms with Crippen molar-refractivity contribution in [3.63, 3.8) is 0 Å². The number of nitrogens with one attached hydrogen (secondary N) is 1. The van der Waals surface area contributed by atoms with Crippen molar-refractivity contribution < 1.29 is 13.9 Å². The van der Waals surface area contributed by atoms with Gasteiger partial charge in [0.05, 0.1) is 18.0 Å². The number of rotatable bonds is 4. The van der Waals surface area contributed by atoms with Crippen molar-refractivity contribution in [1.82, 2.24) is 15.1 Å². The molecule has 7 nitrogen and oxygen atoms in total. The minimum atomic E-state index is -0.551. The van der Waals surface area contributed by atoms with Crippen LogP contribution in [0.4, 0.5) is 20.7 Å². The predicted octanol–water partition coefficient (Wildman–Crippen LogP) is 6.03. The Morgan fingerprint density at radius 2 is 1.83 bits per heavy atom. The van der Waals surface area contributed by atoms with Gasteiger partial charge in [-0.05, 0) is 58.7 Å². The van der Waals surface area contributed by atoms with Gasteiger partial charge in [0.2, 0.25) is 5.69 Å². The Balaban J connectivity index is 1.57. The van der Waals surface area contributed by atoms with Gasteiger partial charge < -0.3 is 15.0 Å². The van der Waals surface area contributed by atoms with Crippen molar-refractivity contribution in [1.29, 1.82) is 0 Å². The molecule has 2 aromatic carbocycles. The number of benzene rings is 2. The van der Waals surface area contributed by atoms with Crippen molar-refractivity contribution in [3.05, 3.63) is 71.3 Å².